The second-order valence-electron chi connectivity index (χ2n) is 3.84. The Morgan fingerprint density at radius 1 is 1.26 bits per heavy atom. The highest BCUT2D eigenvalue weighted by Gasteiger charge is 2.11. The lowest BCUT2D eigenvalue weighted by Gasteiger charge is -2.09. The Labute approximate surface area is 119 Å². The standard InChI is InChI=1S/C14H10BrN3O/c15-10-5-6-13(9(7-10)8-16)18-14(19)11-3-1-2-4-12(11)17/h1-7H,17H2,(H,18,19). The minimum atomic E-state index is -0.336. The molecule has 2 rings (SSSR count). The van der Waals surface area contributed by atoms with Gasteiger partial charge in [-0.3, -0.25) is 4.79 Å². The predicted octanol–water partition coefficient (Wildman–Crippen LogP) is 3.16. The van der Waals surface area contributed by atoms with Gasteiger partial charge in [0.15, 0.2) is 0 Å². The molecule has 3 N–H and O–H groups in total. The molecule has 94 valence electrons. The summed E-state index contributed by atoms with van der Waals surface area (Å²) in [5, 5.41) is 11.7. The summed E-state index contributed by atoms with van der Waals surface area (Å²) in [5.74, 6) is -0.336. The van der Waals surface area contributed by atoms with E-state index in [0.717, 1.165) is 4.47 Å². The largest absolute Gasteiger partial charge is 0.398 e. The van der Waals surface area contributed by atoms with Crippen molar-refractivity contribution in [1.29, 1.82) is 5.26 Å². The topological polar surface area (TPSA) is 78.9 Å². The fourth-order valence-corrected chi connectivity index (χ4v) is 1.97. The Morgan fingerprint density at radius 2 is 2.00 bits per heavy atom. The van der Waals surface area contributed by atoms with Gasteiger partial charge in [-0.05, 0) is 30.3 Å². The summed E-state index contributed by atoms with van der Waals surface area (Å²) in [6.45, 7) is 0. The van der Waals surface area contributed by atoms with E-state index in [4.69, 9.17) is 11.0 Å². The van der Waals surface area contributed by atoms with Crippen LogP contribution in [0.25, 0.3) is 0 Å². The molecule has 2 aromatic rings. The minimum absolute atomic E-state index is 0.336. The van der Waals surface area contributed by atoms with E-state index in [1.54, 1.807) is 42.5 Å². The first kappa shape index (κ1) is 13.1. The molecular weight excluding hydrogens is 306 g/mol. The average molecular weight is 316 g/mol. The number of nitrogen functional groups attached to an aromatic ring is 1. The number of halogens is 1. The van der Waals surface area contributed by atoms with E-state index in [0.29, 0.717) is 22.5 Å². The summed E-state index contributed by atoms with van der Waals surface area (Å²) < 4.78 is 0.779. The number of nitriles is 1. The quantitative estimate of drug-likeness (QED) is 0.835. The molecule has 0 unspecified atom stereocenters. The normalized spacial score (nSPS) is 9.68. The van der Waals surface area contributed by atoms with E-state index in [1.807, 2.05) is 6.07 Å². The molecule has 0 aliphatic heterocycles. The SMILES string of the molecule is N#Cc1cc(Br)ccc1NC(=O)c1ccccc1N. The lowest BCUT2D eigenvalue weighted by atomic mass is 10.1. The van der Waals surface area contributed by atoms with Crippen molar-refractivity contribution in [3.8, 4) is 6.07 Å². The summed E-state index contributed by atoms with van der Waals surface area (Å²) in [6.07, 6.45) is 0. The molecule has 0 aliphatic rings. The molecule has 0 saturated carbocycles. The van der Waals surface area contributed by atoms with Crippen LogP contribution in [0.3, 0.4) is 0 Å². The van der Waals surface area contributed by atoms with Crippen LogP contribution in [0.4, 0.5) is 11.4 Å². The van der Waals surface area contributed by atoms with Crippen LogP contribution >= 0.6 is 15.9 Å². The molecule has 4 nitrogen and oxygen atoms in total. The van der Waals surface area contributed by atoms with Crippen LogP contribution in [0.15, 0.2) is 46.9 Å². The smallest absolute Gasteiger partial charge is 0.257 e. The summed E-state index contributed by atoms with van der Waals surface area (Å²) in [5.41, 5.74) is 7.36. The summed E-state index contributed by atoms with van der Waals surface area (Å²) >= 11 is 3.28. The number of benzene rings is 2. The number of carbonyl (C=O) groups is 1. The van der Waals surface area contributed by atoms with Crippen molar-refractivity contribution in [3.05, 3.63) is 58.1 Å². The highest BCUT2D eigenvalue weighted by atomic mass is 79.9. The number of nitrogens with two attached hydrogens (primary N) is 1. The molecule has 0 aliphatic carbocycles. The maximum atomic E-state index is 12.1. The van der Waals surface area contributed by atoms with E-state index in [9.17, 15) is 4.79 Å². The number of hydrogen-bond donors (Lipinski definition) is 2. The van der Waals surface area contributed by atoms with E-state index in [-0.39, 0.29) is 5.91 Å². The molecular formula is C14H10BrN3O. The van der Waals surface area contributed by atoms with Gasteiger partial charge in [-0.2, -0.15) is 5.26 Å². The number of para-hydroxylation sites is 1. The summed E-state index contributed by atoms with van der Waals surface area (Å²) in [6, 6.07) is 13.9. The first-order chi connectivity index (χ1) is 9.11. The van der Waals surface area contributed by atoms with Crippen molar-refractivity contribution < 1.29 is 4.79 Å². The molecule has 0 saturated heterocycles. The zero-order valence-corrected chi connectivity index (χ0v) is 11.4. The van der Waals surface area contributed by atoms with Gasteiger partial charge in [-0.1, -0.05) is 28.1 Å². The summed E-state index contributed by atoms with van der Waals surface area (Å²) in [4.78, 5) is 12.1. The Kier molecular flexibility index (Phi) is 3.83. The fourth-order valence-electron chi connectivity index (χ4n) is 1.61. The number of anilines is 2. The van der Waals surface area contributed by atoms with Crippen LogP contribution in [-0.4, -0.2) is 5.91 Å². The summed E-state index contributed by atoms with van der Waals surface area (Å²) in [7, 11) is 0. The second-order valence-corrected chi connectivity index (χ2v) is 4.76. The van der Waals surface area contributed by atoms with Crippen LogP contribution in [-0.2, 0) is 0 Å². The fraction of sp³-hybridized carbons (Fsp3) is 0. The van der Waals surface area contributed by atoms with Gasteiger partial charge in [0, 0.05) is 10.2 Å². The molecule has 0 aromatic heterocycles. The maximum absolute atomic E-state index is 12.1. The predicted molar refractivity (Wildman–Crippen MR) is 77.7 cm³/mol. The van der Waals surface area contributed by atoms with Gasteiger partial charge in [0.2, 0.25) is 0 Å². The number of nitrogens with one attached hydrogen (secondary N) is 1. The maximum Gasteiger partial charge on any atom is 0.257 e. The molecule has 2 aromatic carbocycles. The molecule has 0 radical (unpaired) electrons. The van der Waals surface area contributed by atoms with Gasteiger partial charge in [0.25, 0.3) is 5.91 Å². The van der Waals surface area contributed by atoms with Crippen molar-refractivity contribution in [2.75, 3.05) is 11.1 Å². The van der Waals surface area contributed by atoms with Gasteiger partial charge in [-0.25, -0.2) is 0 Å². The Balaban J connectivity index is 2.30. The number of carbonyl (C=O) groups excluding carboxylic acids is 1. The zero-order chi connectivity index (χ0) is 13.8. The van der Waals surface area contributed by atoms with Gasteiger partial charge in [0.1, 0.15) is 6.07 Å². The van der Waals surface area contributed by atoms with Gasteiger partial charge >= 0.3 is 0 Å². The van der Waals surface area contributed by atoms with Gasteiger partial charge < -0.3 is 11.1 Å². The average Bonchev–Trinajstić information content (AvgIpc) is 2.41. The lowest BCUT2D eigenvalue weighted by Crippen LogP contribution is -2.14. The van der Waals surface area contributed by atoms with Crippen molar-refractivity contribution >= 4 is 33.2 Å². The van der Waals surface area contributed by atoms with E-state index in [1.165, 1.54) is 0 Å². The number of amides is 1. The monoisotopic (exact) mass is 315 g/mol. The van der Waals surface area contributed by atoms with Crippen LogP contribution in [0.5, 0.6) is 0 Å². The molecule has 1 amide bonds. The van der Waals surface area contributed by atoms with Crippen LogP contribution in [0.2, 0.25) is 0 Å². The first-order valence-electron chi connectivity index (χ1n) is 5.47. The van der Waals surface area contributed by atoms with E-state index >= 15 is 0 Å². The van der Waals surface area contributed by atoms with Crippen LogP contribution in [0.1, 0.15) is 15.9 Å². The minimum Gasteiger partial charge on any atom is -0.398 e. The van der Waals surface area contributed by atoms with Crippen molar-refractivity contribution in [1.82, 2.24) is 0 Å². The van der Waals surface area contributed by atoms with Crippen molar-refractivity contribution in [3.63, 3.8) is 0 Å². The second kappa shape index (κ2) is 5.55. The zero-order valence-electron chi connectivity index (χ0n) is 9.85. The van der Waals surface area contributed by atoms with Crippen molar-refractivity contribution in [2.24, 2.45) is 0 Å². The number of rotatable bonds is 2. The molecule has 19 heavy (non-hydrogen) atoms. The van der Waals surface area contributed by atoms with E-state index < -0.39 is 0 Å². The van der Waals surface area contributed by atoms with Gasteiger partial charge in [-0.15, -0.1) is 0 Å². The third-order valence-electron chi connectivity index (χ3n) is 2.56. The van der Waals surface area contributed by atoms with Crippen LogP contribution in [0, 0.1) is 11.3 Å². The van der Waals surface area contributed by atoms with E-state index in [2.05, 4.69) is 21.2 Å². The number of hydrogen-bond acceptors (Lipinski definition) is 3. The van der Waals surface area contributed by atoms with Crippen molar-refractivity contribution in [2.45, 2.75) is 0 Å². The Bertz CT molecular complexity index is 677. The molecule has 0 atom stereocenters. The Morgan fingerprint density at radius 3 is 2.68 bits per heavy atom. The molecule has 5 heteroatoms. The number of nitrogens with zero attached hydrogens (tertiary/aromatic N) is 1. The molecule has 0 spiro atoms. The highest BCUT2D eigenvalue weighted by Crippen LogP contribution is 2.21. The third kappa shape index (κ3) is 2.92. The van der Waals surface area contributed by atoms with Crippen LogP contribution < -0.4 is 11.1 Å². The molecule has 0 heterocycles. The third-order valence-corrected chi connectivity index (χ3v) is 3.05. The molecule has 0 bridgehead atoms. The lowest BCUT2D eigenvalue weighted by molar-refractivity contribution is 0.102. The first-order valence-corrected chi connectivity index (χ1v) is 6.26. The molecule has 0 fully saturated rings. The highest BCUT2D eigenvalue weighted by molar-refractivity contribution is 9.10. The van der Waals surface area contributed by atoms with Gasteiger partial charge in [0.05, 0.1) is 16.8 Å². The Hall–Kier alpha value is -2.32.